The number of ether oxygens (including phenoxy) is 1. The molecule has 152 valence electrons. The van der Waals surface area contributed by atoms with Gasteiger partial charge in [0.05, 0.1) is 12.3 Å². The van der Waals surface area contributed by atoms with Gasteiger partial charge in [-0.05, 0) is 58.1 Å². The van der Waals surface area contributed by atoms with E-state index in [1.54, 1.807) is 30.1 Å². The van der Waals surface area contributed by atoms with Crippen molar-refractivity contribution in [1.29, 1.82) is 0 Å². The first-order chi connectivity index (χ1) is 14.0. The van der Waals surface area contributed by atoms with Crippen molar-refractivity contribution in [2.75, 3.05) is 18.1 Å². The van der Waals surface area contributed by atoms with E-state index in [4.69, 9.17) is 9.73 Å². The van der Waals surface area contributed by atoms with Crippen LogP contribution >= 0.6 is 11.3 Å². The molecule has 29 heavy (non-hydrogen) atoms. The molecule has 0 fully saturated rings. The summed E-state index contributed by atoms with van der Waals surface area (Å²) in [6, 6.07) is 7.58. The zero-order valence-electron chi connectivity index (χ0n) is 17.2. The van der Waals surface area contributed by atoms with Gasteiger partial charge in [-0.3, -0.25) is 14.7 Å². The van der Waals surface area contributed by atoms with Crippen molar-refractivity contribution in [3.05, 3.63) is 51.4 Å². The third-order valence-electron chi connectivity index (χ3n) is 5.56. The maximum atomic E-state index is 13.1. The number of hydrogen-bond acceptors (Lipinski definition) is 5. The number of benzene rings is 1. The van der Waals surface area contributed by atoms with Crippen LogP contribution in [0.5, 0.6) is 0 Å². The minimum absolute atomic E-state index is 0.0309. The number of amides is 1. The van der Waals surface area contributed by atoms with Gasteiger partial charge in [0.2, 0.25) is 5.91 Å². The molecule has 4 rings (SSSR count). The van der Waals surface area contributed by atoms with Gasteiger partial charge in [-0.15, -0.1) is 11.3 Å². The van der Waals surface area contributed by atoms with Crippen molar-refractivity contribution in [1.82, 2.24) is 0 Å². The van der Waals surface area contributed by atoms with Crippen molar-refractivity contribution < 1.29 is 14.3 Å². The molecule has 0 radical (unpaired) electrons. The average molecular weight is 411 g/mol. The number of thiophene rings is 1. The second-order valence-electron chi connectivity index (χ2n) is 7.62. The number of carbonyl (C=O) groups excluding carboxylic acids is 2. The van der Waals surface area contributed by atoms with Crippen molar-refractivity contribution in [3.63, 3.8) is 0 Å². The van der Waals surface area contributed by atoms with Crippen LogP contribution in [0.3, 0.4) is 0 Å². The molecule has 1 atom stereocenters. The van der Waals surface area contributed by atoms with Gasteiger partial charge in [-0.1, -0.05) is 23.8 Å². The zero-order chi connectivity index (χ0) is 20.5. The van der Waals surface area contributed by atoms with Crippen LogP contribution in [0, 0.1) is 6.92 Å². The Morgan fingerprint density at radius 3 is 2.86 bits per heavy atom. The van der Waals surface area contributed by atoms with Gasteiger partial charge in [-0.2, -0.15) is 0 Å². The molecule has 0 unspecified atom stereocenters. The Bertz CT molecular complexity index is 992. The van der Waals surface area contributed by atoms with Gasteiger partial charge >= 0.3 is 5.97 Å². The van der Waals surface area contributed by atoms with Gasteiger partial charge in [0.25, 0.3) is 0 Å². The predicted molar refractivity (Wildman–Crippen MR) is 116 cm³/mol. The molecule has 1 aromatic carbocycles. The van der Waals surface area contributed by atoms with E-state index < -0.39 is 6.04 Å². The van der Waals surface area contributed by atoms with Crippen LogP contribution in [0.15, 0.2) is 29.3 Å². The molecule has 2 aliphatic rings. The number of carbonyl (C=O) groups is 2. The Morgan fingerprint density at radius 1 is 1.31 bits per heavy atom. The van der Waals surface area contributed by atoms with Gasteiger partial charge < -0.3 is 4.74 Å². The fourth-order valence-corrected chi connectivity index (χ4v) is 5.66. The van der Waals surface area contributed by atoms with Crippen molar-refractivity contribution in [3.8, 4) is 0 Å². The van der Waals surface area contributed by atoms with Crippen LogP contribution in [0.2, 0.25) is 0 Å². The lowest BCUT2D eigenvalue weighted by Crippen LogP contribution is -2.45. The molecule has 0 spiro atoms. The van der Waals surface area contributed by atoms with E-state index in [1.165, 1.54) is 10.4 Å². The molecule has 1 amide bonds. The number of rotatable bonds is 4. The normalized spacial score (nSPS) is 17.1. The monoisotopic (exact) mass is 410 g/mol. The number of fused-ring (bicyclic) bond motifs is 3. The van der Waals surface area contributed by atoms with Gasteiger partial charge in [0, 0.05) is 16.0 Å². The molecule has 0 N–H and O–H groups in total. The van der Waals surface area contributed by atoms with E-state index in [0.29, 0.717) is 6.61 Å². The summed E-state index contributed by atoms with van der Waals surface area (Å²) in [5, 5.41) is 0.847. The first-order valence-corrected chi connectivity index (χ1v) is 11.1. The Hall–Kier alpha value is -2.47. The van der Waals surface area contributed by atoms with Crippen LogP contribution in [-0.4, -0.2) is 36.8 Å². The minimum atomic E-state index is -0.673. The van der Waals surface area contributed by atoms with Gasteiger partial charge in [-0.25, -0.2) is 4.79 Å². The lowest BCUT2D eigenvalue weighted by atomic mass is 9.91. The lowest BCUT2D eigenvalue weighted by Gasteiger charge is -2.26. The molecule has 0 saturated carbocycles. The molecular weight excluding hydrogens is 384 g/mol. The van der Waals surface area contributed by atoms with E-state index in [9.17, 15) is 9.59 Å². The summed E-state index contributed by atoms with van der Waals surface area (Å²) in [6.45, 7) is 5.91. The number of esters is 1. The Morgan fingerprint density at radius 2 is 2.10 bits per heavy atom. The van der Waals surface area contributed by atoms with Crippen LogP contribution in [0.1, 0.15) is 53.8 Å². The summed E-state index contributed by atoms with van der Waals surface area (Å²) < 4.78 is 5.22. The summed E-state index contributed by atoms with van der Waals surface area (Å²) in [7, 11) is 0. The largest absolute Gasteiger partial charge is 0.464 e. The molecule has 1 aliphatic carbocycles. The number of aryl methyl sites for hydroxylation is 2. The number of anilines is 1. The minimum Gasteiger partial charge on any atom is -0.464 e. The molecule has 2 aromatic rings. The second kappa shape index (κ2) is 8.11. The molecule has 6 heteroatoms. The SMILES string of the molecule is CCOC(=O)[C@H](C)N1C(=O)CN=C(c2cccc(C)c2)c2c1sc1c2CCCC1. The van der Waals surface area contributed by atoms with Crippen LogP contribution < -0.4 is 4.90 Å². The first-order valence-electron chi connectivity index (χ1n) is 10.3. The summed E-state index contributed by atoms with van der Waals surface area (Å²) >= 11 is 1.65. The van der Waals surface area contributed by atoms with E-state index >= 15 is 0 Å². The van der Waals surface area contributed by atoms with Crippen LogP contribution in [0.4, 0.5) is 5.00 Å². The van der Waals surface area contributed by atoms with Crippen LogP contribution in [0.25, 0.3) is 0 Å². The predicted octanol–water partition coefficient (Wildman–Crippen LogP) is 4.07. The first kappa shape index (κ1) is 19.8. The summed E-state index contributed by atoms with van der Waals surface area (Å²) in [6.07, 6.45) is 4.30. The van der Waals surface area contributed by atoms with E-state index in [0.717, 1.165) is 53.1 Å². The maximum absolute atomic E-state index is 13.1. The topological polar surface area (TPSA) is 59.0 Å². The van der Waals surface area contributed by atoms with Crippen molar-refractivity contribution >= 4 is 33.9 Å². The smallest absolute Gasteiger partial charge is 0.328 e. The number of hydrogen-bond donors (Lipinski definition) is 0. The molecular formula is C23H26N2O3S. The van der Waals surface area contributed by atoms with Crippen molar-refractivity contribution in [2.45, 2.75) is 52.5 Å². The Labute approximate surface area is 175 Å². The second-order valence-corrected chi connectivity index (χ2v) is 8.70. The van der Waals surface area contributed by atoms with Crippen molar-refractivity contribution in [2.24, 2.45) is 4.99 Å². The quantitative estimate of drug-likeness (QED) is 0.714. The lowest BCUT2D eigenvalue weighted by molar-refractivity contribution is -0.145. The number of aliphatic imine (C=N–C) groups is 1. The van der Waals surface area contributed by atoms with E-state index in [-0.39, 0.29) is 18.4 Å². The molecule has 0 bridgehead atoms. The summed E-state index contributed by atoms with van der Waals surface area (Å²) in [5.74, 6) is -0.537. The highest BCUT2D eigenvalue weighted by Crippen LogP contribution is 2.43. The fraction of sp³-hybridized carbons (Fsp3) is 0.435. The van der Waals surface area contributed by atoms with E-state index in [2.05, 4.69) is 25.1 Å². The van der Waals surface area contributed by atoms with Crippen LogP contribution in [-0.2, 0) is 27.2 Å². The standard InChI is InChI=1S/C23H26N2O3S/c1-4-28-23(27)15(3)25-19(26)13-24-21(16-9-7-8-14(2)12-16)20-17-10-5-6-11-18(17)29-22(20)25/h7-9,12,15H,4-6,10-11,13H2,1-3H3/t15-/m0/s1. The third-order valence-corrected chi connectivity index (χ3v) is 6.85. The Kier molecular flexibility index (Phi) is 5.54. The fourth-order valence-electron chi connectivity index (χ4n) is 4.17. The number of nitrogens with zero attached hydrogens (tertiary/aromatic N) is 2. The highest BCUT2D eigenvalue weighted by atomic mass is 32.1. The Balaban J connectivity index is 1.89. The molecule has 1 aromatic heterocycles. The zero-order valence-corrected chi connectivity index (χ0v) is 18.0. The molecule has 1 aliphatic heterocycles. The molecule has 0 saturated heterocycles. The summed E-state index contributed by atoms with van der Waals surface area (Å²) in [5.41, 5.74) is 5.39. The molecule has 2 heterocycles. The summed E-state index contributed by atoms with van der Waals surface area (Å²) in [4.78, 5) is 33.3. The highest BCUT2D eigenvalue weighted by molar-refractivity contribution is 7.17. The maximum Gasteiger partial charge on any atom is 0.328 e. The average Bonchev–Trinajstić information content (AvgIpc) is 3.00. The molecule has 5 nitrogen and oxygen atoms in total. The van der Waals surface area contributed by atoms with Gasteiger partial charge in [0.15, 0.2) is 0 Å². The van der Waals surface area contributed by atoms with E-state index in [1.807, 2.05) is 6.07 Å². The van der Waals surface area contributed by atoms with Gasteiger partial charge in [0.1, 0.15) is 17.6 Å². The third kappa shape index (κ3) is 3.62. The highest BCUT2D eigenvalue weighted by Gasteiger charge is 2.37.